The molecular weight excluding hydrogens is 250 g/mol. The Hall–Kier alpha value is -1.62. The quantitative estimate of drug-likeness (QED) is 0.396. The van der Waals surface area contributed by atoms with E-state index in [-0.39, 0.29) is 11.5 Å². The number of carbonyl (C=O) groups is 1. The van der Waals surface area contributed by atoms with Gasteiger partial charge < -0.3 is 24.4 Å². The van der Waals surface area contributed by atoms with Crippen molar-refractivity contribution in [3.63, 3.8) is 0 Å². The van der Waals surface area contributed by atoms with Crippen molar-refractivity contribution in [3.05, 3.63) is 11.8 Å². The normalized spacial score (nSPS) is 16.3. The van der Waals surface area contributed by atoms with Crippen LogP contribution in [0.15, 0.2) is 11.8 Å². The zero-order valence-corrected chi connectivity index (χ0v) is 11.2. The molecule has 1 aliphatic rings. The van der Waals surface area contributed by atoms with Gasteiger partial charge in [0, 0.05) is 33.5 Å². The van der Waals surface area contributed by atoms with Crippen LogP contribution in [0.4, 0.5) is 0 Å². The number of nitrogens with zero attached hydrogens (tertiary/aromatic N) is 2. The van der Waals surface area contributed by atoms with Gasteiger partial charge in [-0.2, -0.15) is 5.26 Å². The van der Waals surface area contributed by atoms with E-state index < -0.39 is 6.29 Å². The molecule has 0 radical (unpaired) electrons. The summed E-state index contributed by atoms with van der Waals surface area (Å²) in [5.74, 6) is -0.287. The fraction of sp³-hybridized carbons (Fsp3) is 0.667. The number of hydrogen-bond acceptors (Lipinski definition) is 6. The number of amides is 1. The van der Waals surface area contributed by atoms with Crippen molar-refractivity contribution in [2.45, 2.75) is 6.29 Å². The number of ether oxygens (including phenoxy) is 3. The van der Waals surface area contributed by atoms with Crippen molar-refractivity contribution in [2.75, 3.05) is 47.1 Å². The van der Waals surface area contributed by atoms with E-state index in [1.807, 2.05) is 6.07 Å². The minimum atomic E-state index is -0.422. The summed E-state index contributed by atoms with van der Waals surface area (Å²) >= 11 is 0. The van der Waals surface area contributed by atoms with Crippen LogP contribution in [0, 0.1) is 11.3 Å². The molecule has 7 nitrogen and oxygen atoms in total. The summed E-state index contributed by atoms with van der Waals surface area (Å²) in [5, 5.41) is 11.9. The second-order valence-electron chi connectivity index (χ2n) is 3.88. The molecule has 1 saturated heterocycles. The van der Waals surface area contributed by atoms with Crippen LogP contribution in [-0.4, -0.2) is 64.2 Å². The summed E-state index contributed by atoms with van der Waals surface area (Å²) in [4.78, 5) is 13.6. The second-order valence-corrected chi connectivity index (χ2v) is 3.88. The summed E-state index contributed by atoms with van der Waals surface area (Å²) in [7, 11) is 3.04. The number of methoxy groups -OCH3 is 2. The molecule has 0 aliphatic carbocycles. The minimum Gasteiger partial charge on any atom is -0.385 e. The van der Waals surface area contributed by atoms with Crippen LogP contribution in [0.1, 0.15) is 0 Å². The average molecular weight is 269 g/mol. The number of nitrogens with one attached hydrogen (secondary N) is 1. The number of carbonyl (C=O) groups excluding carboxylic acids is 1. The maximum absolute atomic E-state index is 12.0. The molecule has 0 spiro atoms. The molecular formula is C12H19N3O4. The molecule has 0 saturated carbocycles. The largest absolute Gasteiger partial charge is 0.385 e. The second kappa shape index (κ2) is 8.48. The third-order valence-electron chi connectivity index (χ3n) is 2.71. The van der Waals surface area contributed by atoms with Crippen LogP contribution in [0.3, 0.4) is 0 Å². The topological polar surface area (TPSA) is 83.8 Å². The van der Waals surface area contributed by atoms with E-state index in [2.05, 4.69) is 5.32 Å². The highest BCUT2D eigenvalue weighted by atomic mass is 16.7. The number of rotatable bonds is 6. The van der Waals surface area contributed by atoms with Gasteiger partial charge >= 0.3 is 0 Å². The molecule has 1 rings (SSSR count). The summed E-state index contributed by atoms with van der Waals surface area (Å²) in [6.07, 6.45) is 0.970. The monoisotopic (exact) mass is 269 g/mol. The first kappa shape index (κ1) is 15.4. The van der Waals surface area contributed by atoms with E-state index in [4.69, 9.17) is 19.5 Å². The summed E-state index contributed by atoms with van der Waals surface area (Å²) in [6.45, 7) is 2.39. The van der Waals surface area contributed by atoms with Crippen molar-refractivity contribution < 1.29 is 19.0 Å². The van der Waals surface area contributed by atoms with Crippen LogP contribution < -0.4 is 5.32 Å². The van der Waals surface area contributed by atoms with Crippen molar-refractivity contribution >= 4 is 5.91 Å². The first-order chi connectivity index (χ1) is 9.22. The average Bonchev–Trinajstić information content (AvgIpc) is 2.48. The van der Waals surface area contributed by atoms with Crippen LogP contribution >= 0.6 is 0 Å². The zero-order chi connectivity index (χ0) is 14.1. The van der Waals surface area contributed by atoms with Crippen molar-refractivity contribution in [1.82, 2.24) is 10.2 Å². The molecule has 1 N–H and O–H groups in total. The lowest BCUT2D eigenvalue weighted by Crippen LogP contribution is -2.41. The van der Waals surface area contributed by atoms with Gasteiger partial charge in [0.2, 0.25) is 0 Å². The molecule has 0 aromatic heterocycles. The number of nitriles is 1. The molecule has 1 aliphatic heterocycles. The van der Waals surface area contributed by atoms with Gasteiger partial charge in [0.1, 0.15) is 11.6 Å². The summed E-state index contributed by atoms with van der Waals surface area (Å²) in [5.41, 5.74) is 0.0628. The summed E-state index contributed by atoms with van der Waals surface area (Å²) in [6, 6.07) is 1.89. The molecule has 106 valence electrons. The van der Waals surface area contributed by atoms with Gasteiger partial charge in [0.15, 0.2) is 6.29 Å². The SMILES string of the molecule is COC(CN/C=C(/C#N)C(=O)N1CCOCC1)OC. The first-order valence-electron chi connectivity index (χ1n) is 5.99. The standard InChI is InChI=1S/C12H19N3O4/c1-17-11(18-2)9-14-8-10(7-13)12(16)15-3-5-19-6-4-15/h8,11,14H,3-6,9H2,1-2H3/b10-8-. The highest BCUT2D eigenvalue weighted by molar-refractivity contribution is 5.97. The van der Waals surface area contributed by atoms with Gasteiger partial charge in [0.25, 0.3) is 5.91 Å². The maximum atomic E-state index is 12.0. The van der Waals surface area contributed by atoms with Gasteiger partial charge in [-0.15, -0.1) is 0 Å². The van der Waals surface area contributed by atoms with Crippen LogP contribution in [0.25, 0.3) is 0 Å². The van der Waals surface area contributed by atoms with E-state index in [1.165, 1.54) is 20.4 Å². The van der Waals surface area contributed by atoms with Gasteiger partial charge in [-0.1, -0.05) is 0 Å². The number of hydrogen-bond donors (Lipinski definition) is 1. The molecule has 0 atom stereocenters. The Morgan fingerprint density at radius 3 is 2.63 bits per heavy atom. The van der Waals surface area contributed by atoms with E-state index >= 15 is 0 Å². The van der Waals surface area contributed by atoms with Crippen LogP contribution in [0.2, 0.25) is 0 Å². The number of morpholine rings is 1. The minimum absolute atomic E-state index is 0.0628. The van der Waals surface area contributed by atoms with Crippen molar-refractivity contribution in [3.8, 4) is 6.07 Å². The Morgan fingerprint density at radius 1 is 1.47 bits per heavy atom. The Balaban J connectivity index is 2.51. The Morgan fingerprint density at radius 2 is 2.11 bits per heavy atom. The highest BCUT2D eigenvalue weighted by Crippen LogP contribution is 2.04. The molecule has 1 heterocycles. The maximum Gasteiger partial charge on any atom is 0.266 e. The fourth-order valence-electron chi connectivity index (χ4n) is 1.60. The Labute approximate surface area is 112 Å². The molecule has 0 aromatic carbocycles. The molecule has 1 amide bonds. The van der Waals surface area contributed by atoms with Crippen LogP contribution in [-0.2, 0) is 19.0 Å². The molecule has 19 heavy (non-hydrogen) atoms. The van der Waals surface area contributed by atoms with Crippen molar-refractivity contribution in [2.24, 2.45) is 0 Å². The lowest BCUT2D eigenvalue weighted by Gasteiger charge is -2.26. The Bertz CT molecular complexity index is 354. The third kappa shape index (κ3) is 4.87. The first-order valence-corrected chi connectivity index (χ1v) is 5.99. The zero-order valence-electron chi connectivity index (χ0n) is 11.2. The predicted octanol–water partition coefficient (Wildman–Crippen LogP) is -0.539. The lowest BCUT2D eigenvalue weighted by atomic mass is 10.2. The van der Waals surface area contributed by atoms with E-state index in [1.54, 1.807) is 4.90 Å². The van der Waals surface area contributed by atoms with Gasteiger partial charge in [-0.3, -0.25) is 4.79 Å². The van der Waals surface area contributed by atoms with Gasteiger partial charge in [-0.25, -0.2) is 0 Å². The Kier molecular flexibility index (Phi) is 6.89. The molecule has 1 fully saturated rings. The molecule has 7 heteroatoms. The van der Waals surface area contributed by atoms with E-state index in [0.717, 1.165) is 0 Å². The molecule has 0 aromatic rings. The lowest BCUT2D eigenvalue weighted by molar-refractivity contribution is -0.130. The molecule has 0 bridgehead atoms. The summed E-state index contributed by atoms with van der Waals surface area (Å²) < 4.78 is 15.1. The van der Waals surface area contributed by atoms with Gasteiger partial charge in [-0.05, 0) is 0 Å². The van der Waals surface area contributed by atoms with E-state index in [0.29, 0.717) is 32.8 Å². The molecule has 0 unspecified atom stereocenters. The predicted molar refractivity (Wildman–Crippen MR) is 66.9 cm³/mol. The van der Waals surface area contributed by atoms with E-state index in [9.17, 15) is 4.79 Å². The fourth-order valence-corrected chi connectivity index (χ4v) is 1.60. The smallest absolute Gasteiger partial charge is 0.266 e. The van der Waals surface area contributed by atoms with Crippen LogP contribution in [0.5, 0.6) is 0 Å². The third-order valence-corrected chi connectivity index (χ3v) is 2.71. The van der Waals surface area contributed by atoms with Gasteiger partial charge in [0.05, 0.1) is 19.8 Å². The highest BCUT2D eigenvalue weighted by Gasteiger charge is 2.20. The van der Waals surface area contributed by atoms with Crippen molar-refractivity contribution in [1.29, 1.82) is 5.26 Å².